The van der Waals surface area contributed by atoms with Gasteiger partial charge < -0.3 is 15.2 Å². The molecule has 1 aromatic heterocycles. The predicted molar refractivity (Wildman–Crippen MR) is 101 cm³/mol. The molecule has 25 heavy (non-hydrogen) atoms. The lowest BCUT2D eigenvalue weighted by Gasteiger charge is -2.29. The zero-order valence-electron chi connectivity index (χ0n) is 14.6. The SMILES string of the molecule is COC1CCC(C[C@H]2CC[C@H]([C@@H](O)c3cncc(F)c3)N2)CC1.Cl.Cl. The maximum absolute atomic E-state index is 13.3. The molecule has 2 N–H and O–H groups in total. The van der Waals surface area contributed by atoms with Gasteiger partial charge in [-0.3, -0.25) is 4.98 Å². The van der Waals surface area contributed by atoms with Gasteiger partial charge >= 0.3 is 0 Å². The normalized spacial score (nSPS) is 30.2. The van der Waals surface area contributed by atoms with Crippen molar-refractivity contribution in [1.82, 2.24) is 10.3 Å². The van der Waals surface area contributed by atoms with E-state index >= 15 is 0 Å². The minimum absolute atomic E-state index is 0. The molecule has 0 spiro atoms. The summed E-state index contributed by atoms with van der Waals surface area (Å²) < 4.78 is 18.7. The van der Waals surface area contributed by atoms with Crippen molar-refractivity contribution in [2.45, 2.75) is 69.2 Å². The fraction of sp³-hybridized carbons (Fsp3) is 0.722. The van der Waals surface area contributed by atoms with E-state index in [0.717, 1.165) is 37.8 Å². The number of aromatic nitrogens is 1. The number of nitrogens with one attached hydrogen (secondary N) is 1. The van der Waals surface area contributed by atoms with Crippen LogP contribution in [0.1, 0.15) is 56.6 Å². The minimum atomic E-state index is -0.688. The smallest absolute Gasteiger partial charge is 0.141 e. The topological polar surface area (TPSA) is 54.4 Å². The number of methoxy groups -OCH3 is 1. The highest BCUT2D eigenvalue weighted by Gasteiger charge is 2.32. The van der Waals surface area contributed by atoms with E-state index < -0.39 is 11.9 Å². The quantitative estimate of drug-likeness (QED) is 0.796. The number of aliphatic hydroxyl groups excluding tert-OH is 1. The van der Waals surface area contributed by atoms with E-state index in [-0.39, 0.29) is 30.9 Å². The van der Waals surface area contributed by atoms with Crippen LogP contribution >= 0.6 is 24.8 Å². The highest BCUT2D eigenvalue weighted by atomic mass is 35.5. The second kappa shape index (κ2) is 10.6. The molecular formula is C18H29Cl2FN2O2. The Morgan fingerprint density at radius 3 is 2.56 bits per heavy atom. The summed E-state index contributed by atoms with van der Waals surface area (Å²) in [7, 11) is 1.80. The Kier molecular flexibility index (Phi) is 9.60. The van der Waals surface area contributed by atoms with Gasteiger partial charge in [-0.05, 0) is 56.9 Å². The van der Waals surface area contributed by atoms with Crippen LogP contribution in [0.4, 0.5) is 4.39 Å². The van der Waals surface area contributed by atoms with Crippen LogP contribution in [0, 0.1) is 11.7 Å². The van der Waals surface area contributed by atoms with E-state index in [2.05, 4.69) is 10.3 Å². The summed E-state index contributed by atoms with van der Waals surface area (Å²) in [5.41, 5.74) is 0.559. The maximum Gasteiger partial charge on any atom is 0.141 e. The summed E-state index contributed by atoms with van der Waals surface area (Å²) >= 11 is 0. The first-order chi connectivity index (χ1) is 11.2. The number of ether oxygens (including phenoxy) is 1. The number of hydrogen-bond acceptors (Lipinski definition) is 4. The first-order valence-corrected chi connectivity index (χ1v) is 8.73. The lowest BCUT2D eigenvalue weighted by molar-refractivity contribution is 0.0538. The lowest BCUT2D eigenvalue weighted by Crippen LogP contribution is -2.35. The molecule has 3 rings (SSSR count). The highest BCUT2D eigenvalue weighted by Crippen LogP contribution is 2.33. The average molecular weight is 395 g/mol. The van der Waals surface area contributed by atoms with Crippen LogP contribution in [-0.2, 0) is 4.74 Å². The monoisotopic (exact) mass is 394 g/mol. The lowest BCUT2D eigenvalue weighted by atomic mass is 9.83. The zero-order valence-corrected chi connectivity index (χ0v) is 16.2. The van der Waals surface area contributed by atoms with Crippen LogP contribution in [0.3, 0.4) is 0 Å². The maximum atomic E-state index is 13.3. The van der Waals surface area contributed by atoms with Gasteiger partial charge in [0.2, 0.25) is 0 Å². The zero-order chi connectivity index (χ0) is 16.2. The molecule has 7 heteroatoms. The number of aliphatic hydroxyl groups is 1. The van der Waals surface area contributed by atoms with Crippen molar-refractivity contribution in [3.8, 4) is 0 Å². The number of nitrogens with zero attached hydrogens (tertiary/aromatic N) is 1. The van der Waals surface area contributed by atoms with Crippen molar-refractivity contribution in [3.05, 3.63) is 29.8 Å². The average Bonchev–Trinajstić information content (AvgIpc) is 3.03. The molecule has 1 aliphatic heterocycles. The highest BCUT2D eigenvalue weighted by molar-refractivity contribution is 5.85. The standard InChI is InChI=1S/C18H27FN2O2.2ClH/c1-23-16-5-2-12(3-6-16)8-15-4-7-17(21-15)18(22)13-9-14(19)11-20-10-13;;/h9-12,15-18,21-22H,2-8H2,1H3;2*1H/t12?,15-,16?,17-,18+;;/m1../s1. The largest absolute Gasteiger partial charge is 0.387 e. The first-order valence-electron chi connectivity index (χ1n) is 8.73. The molecular weight excluding hydrogens is 366 g/mol. The van der Waals surface area contributed by atoms with Gasteiger partial charge in [0, 0.05) is 31.0 Å². The van der Waals surface area contributed by atoms with Crippen LogP contribution in [0.25, 0.3) is 0 Å². The van der Waals surface area contributed by atoms with E-state index in [0.29, 0.717) is 17.7 Å². The number of halogens is 3. The van der Waals surface area contributed by atoms with Crippen LogP contribution in [0.15, 0.2) is 18.5 Å². The van der Waals surface area contributed by atoms with Crippen LogP contribution in [0.5, 0.6) is 0 Å². The van der Waals surface area contributed by atoms with Crippen molar-refractivity contribution < 1.29 is 14.2 Å². The molecule has 1 saturated carbocycles. The Morgan fingerprint density at radius 2 is 1.92 bits per heavy atom. The summed E-state index contributed by atoms with van der Waals surface area (Å²) in [5.74, 6) is 0.358. The van der Waals surface area contributed by atoms with Gasteiger partial charge in [-0.2, -0.15) is 0 Å². The molecule has 1 aromatic rings. The van der Waals surface area contributed by atoms with Gasteiger partial charge in [-0.25, -0.2) is 4.39 Å². The van der Waals surface area contributed by atoms with Crippen LogP contribution in [-0.4, -0.2) is 35.4 Å². The first kappa shape index (κ1) is 22.6. The third kappa shape index (κ3) is 6.04. The van der Waals surface area contributed by atoms with E-state index in [1.807, 2.05) is 0 Å². The molecule has 3 atom stereocenters. The number of hydrogen-bond donors (Lipinski definition) is 2. The molecule has 4 nitrogen and oxygen atoms in total. The van der Waals surface area contributed by atoms with Crippen molar-refractivity contribution in [2.24, 2.45) is 5.92 Å². The van der Waals surface area contributed by atoms with E-state index in [1.54, 1.807) is 13.3 Å². The Morgan fingerprint density at radius 1 is 1.20 bits per heavy atom. The van der Waals surface area contributed by atoms with Gasteiger partial charge in [0.25, 0.3) is 0 Å². The Bertz CT molecular complexity index is 516. The molecule has 0 radical (unpaired) electrons. The van der Waals surface area contributed by atoms with Gasteiger partial charge in [0.05, 0.1) is 18.4 Å². The summed E-state index contributed by atoms with van der Waals surface area (Å²) in [6.45, 7) is 0. The Balaban J connectivity index is 0.00000156. The fourth-order valence-electron chi connectivity index (χ4n) is 4.11. The molecule has 0 unspecified atom stereocenters. The van der Waals surface area contributed by atoms with Crippen molar-refractivity contribution >= 4 is 24.8 Å². The van der Waals surface area contributed by atoms with Crippen LogP contribution in [0.2, 0.25) is 0 Å². The molecule has 1 aliphatic carbocycles. The van der Waals surface area contributed by atoms with E-state index in [1.165, 1.54) is 25.3 Å². The third-order valence-corrected chi connectivity index (χ3v) is 5.47. The molecule has 2 fully saturated rings. The van der Waals surface area contributed by atoms with Crippen molar-refractivity contribution in [3.63, 3.8) is 0 Å². The fourth-order valence-corrected chi connectivity index (χ4v) is 4.11. The van der Waals surface area contributed by atoms with Gasteiger partial charge in [-0.15, -0.1) is 24.8 Å². The van der Waals surface area contributed by atoms with Gasteiger partial charge in [0.1, 0.15) is 5.82 Å². The Labute approximate surface area is 161 Å². The molecule has 0 bridgehead atoms. The molecule has 0 amide bonds. The van der Waals surface area contributed by atoms with E-state index in [9.17, 15) is 9.50 Å². The second-order valence-electron chi connectivity index (χ2n) is 7.04. The second-order valence-corrected chi connectivity index (χ2v) is 7.04. The third-order valence-electron chi connectivity index (χ3n) is 5.47. The summed E-state index contributed by atoms with van der Waals surface area (Å²) in [6.07, 6.45) is 10.4. The van der Waals surface area contributed by atoms with Crippen LogP contribution < -0.4 is 5.32 Å². The summed E-state index contributed by atoms with van der Waals surface area (Å²) in [4.78, 5) is 3.83. The van der Waals surface area contributed by atoms with E-state index in [4.69, 9.17) is 4.74 Å². The minimum Gasteiger partial charge on any atom is -0.387 e. The molecule has 1 saturated heterocycles. The van der Waals surface area contributed by atoms with Gasteiger partial charge in [0.15, 0.2) is 0 Å². The molecule has 2 heterocycles. The predicted octanol–water partition coefficient (Wildman–Crippen LogP) is 3.81. The van der Waals surface area contributed by atoms with Crippen molar-refractivity contribution in [1.29, 1.82) is 0 Å². The molecule has 144 valence electrons. The molecule has 2 aliphatic rings. The number of pyridine rings is 1. The summed E-state index contributed by atoms with van der Waals surface area (Å²) in [5, 5.41) is 14.0. The Hall–Kier alpha value is -0.460. The number of rotatable bonds is 5. The summed E-state index contributed by atoms with van der Waals surface area (Å²) in [6, 6.07) is 1.83. The van der Waals surface area contributed by atoms with Gasteiger partial charge in [-0.1, -0.05) is 0 Å². The van der Waals surface area contributed by atoms with Crippen molar-refractivity contribution in [2.75, 3.05) is 7.11 Å². The molecule has 0 aromatic carbocycles.